The van der Waals surface area contributed by atoms with E-state index in [-0.39, 0.29) is 10.9 Å². The molecule has 0 bridgehead atoms. The van der Waals surface area contributed by atoms with E-state index in [4.69, 9.17) is 16.7 Å². The van der Waals surface area contributed by atoms with Crippen LogP contribution in [0.25, 0.3) is 6.08 Å². The number of carbonyl (C=O) groups is 1. The number of allylic oxidation sites excluding steroid dienone is 1. The average Bonchev–Trinajstić information content (AvgIpc) is 3.10. The van der Waals surface area contributed by atoms with E-state index in [0.717, 1.165) is 62.9 Å². The second-order valence-corrected chi connectivity index (χ2v) is 10.6. The third-order valence-corrected chi connectivity index (χ3v) is 7.08. The van der Waals surface area contributed by atoms with Crippen LogP contribution in [0.3, 0.4) is 0 Å². The maximum absolute atomic E-state index is 11.0. The van der Waals surface area contributed by atoms with Crippen molar-refractivity contribution in [3.8, 4) is 0 Å². The fourth-order valence-corrected chi connectivity index (χ4v) is 5.49. The van der Waals surface area contributed by atoms with Crippen molar-refractivity contribution in [2.75, 3.05) is 38.6 Å². The minimum atomic E-state index is -0.996. The topological polar surface area (TPSA) is 71.2 Å². The summed E-state index contributed by atoms with van der Waals surface area (Å²) in [5.41, 5.74) is 4.32. The molecule has 1 aliphatic carbocycles. The van der Waals surface area contributed by atoms with Gasteiger partial charge in [-0.25, -0.2) is 14.8 Å². The van der Waals surface area contributed by atoms with Crippen molar-refractivity contribution in [3.05, 3.63) is 47.1 Å². The number of carboxylic acid groups (broad SMARTS) is 1. The molecule has 1 aliphatic heterocycles. The number of fused-ring (bicyclic) bond motifs is 1. The summed E-state index contributed by atoms with van der Waals surface area (Å²) in [7, 11) is 4.67. The normalized spacial score (nSPS) is 19.0. The highest BCUT2D eigenvalue weighted by atomic mass is 35.5. The molecule has 0 radical (unpaired) electrons. The van der Waals surface area contributed by atoms with Crippen LogP contribution in [-0.2, 0) is 19.5 Å². The van der Waals surface area contributed by atoms with E-state index in [1.807, 2.05) is 0 Å². The first-order valence-electron chi connectivity index (χ1n) is 11.9. The maximum atomic E-state index is 11.0. The van der Waals surface area contributed by atoms with Crippen LogP contribution in [0.5, 0.6) is 0 Å². The number of aryl methyl sites for hydroxylation is 1. The number of hydrogen-bond donors (Lipinski definition) is 1. The van der Waals surface area contributed by atoms with Crippen LogP contribution in [0.4, 0.5) is 5.95 Å². The highest BCUT2D eigenvalue weighted by Gasteiger charge is 2.30. The SMILES string of the molecule is CCCn1cc(C[N+](C)(C)CC2CCN(c3ncc(C(=O)O)cn3)CC2)c2c1C=CC(Cl)C2. The van der Waals surface area contributed by atoms with Crippen LogP contribution < -0.4 is 4.90 Å². The second-order valence-electron chi connectivity index (χ2n) is 10.1. The molecule has 2 aliphatic rings. The van der Waals surface area contributed by atoms with E-state index < -0.39 is 5.97 Å². The molecule has 33 heavy (non-hydrogen) atoms. The van der Waals surface area contributed by atoms with Gasteiger partial charge in [0.2, 0.25) is 5.95 Å². The molecule has 1 N–H and O–H groups in total. The van der Waals surface area contributed by atoms with Crippen LogP contribution in [0.2, 0.25) is 0 Å². The third-order valence-electron chi connectivity index (χ3n) is 6.78. The van der Waals surface area contributed by atoms with Gasteiger partial charge in [0.1, 0.15) is 6.54 Å². The van der Waals surface area contributed by atoms with E-state index in [9.17, 15) is 4.79 Å². The number of quaternary nitrogens is 1. The molecule has 1 atom stereocenters. The van der Waals surface area contributed by atoms with Crippen LogP contribution in [0.15, 0.2) is 24.7 Å². The van der Waals surface area contributed by atoms with Crippen LogP contribution in [0, 0.1) is 5.92 Å². The summed E-state index contributed by atoms with van der Waals surface area (Å²) in [5, 5.41) is 9.12. The summed E-state index contributed by atoms with van der Waals surface area (Å²) < 4.78 is 3.35. The molecule has 2 aromatic heterocycles. The second kappa shape index (κ2) is 9.85. The lowest BCUT2D eigenvalue weighted by Gasteiger charge is -2.38. The van der Waals surface area contributed by atoms with Crippen molar-refractivity contribution in [1.82, 2.24) is 14.5 Å². The summed E-state index contributed by atoms with van der Waals surface area (Å²) in [6.45, 7) is 7.20. The lowest BCUT2D eigenvalue weighted by molar-refractivity contribution is -0.907. The Hall–Kier alpha value is -2.38. The van der Waals surface area contributed by atoms with E-state index in [1.54, 1.807) is 0 Å². The zero-order valence-electron chi connectivity index (χ0n) is 19.9. The first-order chi connectivity index (χ1) is 15.8. The van der Waals surface area contributed by atoms with Gasteiger partial charge >= 0.3 is 5.97 Å². The van der Waals surface area contributed by atoms with E-state index in [0.29, 0.717) is 11.9 Å². The number of aromatic nitrogens is 3. The smallest absolute Gasteiger partial charge is 0.338 e. The van der Waals surface area contributed by atoms with Gasteiger partial charge in [0.15, 0.2) is 0 Å². The molecule has 0 aromatic carbocycles. The van der Waals surface area contributed by atoms with Crippen molar-refractivity contribution < 1.29 is 14.4 Å². The van der Waals surface area contributed by atoms with Crippen molar-refractivity contribution in [3.63, 3.8) is 0 Å². The molecule has 4 rings (SSSR count). The Morgan fingerprint density at radius 2 is 1.94 bits per heavy atom. The lowest BCUT2D eigenvalue weighted by atomic mass is 9.95. The van der Waals surface area contributed by atoms with Crippen molar-refractivity contribution >= 4 is 29.6 Å². The number of nitrogens with zero attached hydrogens (tertiary/aromatic N) is 5. The number of anilines is 1. The Balaban J connectivity index is 1.37. The minimum absolute atomic E-state index is 0.0837. The van der Waals surface area contributed by atoms with Gasteiger partial charge in [0.25, 0.3) is 0 Å². The number of carboxylic acids is 1. The fourth-order valence-electron chi connectivity index (χ4n) is 5.26. The van der Waals surface area contributed by atoms with Crippen LogP contribution in [-0.4, -0.2) is 69.2 Å². The molecule has 8 heteroatoms. The van der Waals surface area contributed by atoms with Crippen LogP contribution in [0.1, 0.15) is 53.4 Å². The number of alkyl halides is 1. The molecular formula is C25H35ClN5O2+. The average molecular weight is 473 g/mol. The van der Waals surface area contributed by atoms with Crippen molar-refractivity contribution in [2.45, 2.75) is 51.1 Å². The molecule has 0 saturated carbocycles. The fraction of sp³-hybridized carbons (Fsp3) is 0.560. The van der Waals surface area contributed by atoms with Crippen molar-refractivity contribution in [1.29, 1.82) is 0 Å². The van der Waals surface area contributed by atoms with Crippen LogP contribution >= 0.6 is 11.6 Å². The number of rotatable bonds is 8. The molecule has 1 unspecified atom stereocenters. The molecule has 1 fully saturated rings. The third kappa shape index (κ3) is 5.58. The van der Waals surface area contributed by atoms with E-state index in [1.165, 1.54) is 29.2 Å². The highest BCUT2D eigenvalue weighted by Crippen LogP contribution is 2.30. The van der Waals surface area contributed by atoms with Gasteiger partial charge < -0.3 is 19.1 Å². The molecular weight excluding hydrogens is 438 g/mol. The molecule has 2 aromatic rings. The van der Waals surface area contributed by atoms with Gasteiger partial charge in [-0.3, -0.25) is 0 Å². The lowest BCUT2D eigenvalue weighted by Crippen LogP contribution is -2.46. The number of hydrogen-bond acceptors (Lipinski definition) is 4. The maximum Gasteiger partial charge on any atom is 0.338 e. The summed E-state index contributed by atoms with van der Waals surface area (Å²) in [5.74, 6) is 0.271. The Labute approximate surface area is 201 Å². The number of piperidine rings is 1. The van der Waals surface area contributed by atoms with Gasteiger partial charge in [-0.15, -0.1) is 11.6 Å². The zero-order chi connectivity index (χ0) is 23.6. The standard InChI is InChI=1S/C25H34ClN5O2/c1-4-9-30-15-20(22-12-21(26)5-6-23(22)30)17-31(2,3)16-18-7-10-29(11-8-18)25-27-13-19(14-28-25)24(32)33/h5-6,13-15,18,21H,4,7-12,16-17H2,1-3H3/p+1. The quantitative estimate of drug-likeness (QED) is 0.463. The van der Waals surface area contributed by atoms with Gasteiger partial charge in [-0.1, -0.05) is 13.0 Å². The Bertz CT molecular complexity index is 1010. The van der Waals surface area contributed by atoms with Gasteiger partial charge in [0, 0.05) is 55.4 Å². The van der Waals surface area contributed by atoms with E-state index >= 15 is 0 Å². The number of halogens is 1. The molecule has 178 valence electrons. The Morgan fingerprint density at radius 1 is 1.24 bits per heavy atom. The Morgan fingerprint density at radius 3 is 2.58 bits per heavy atom. The highest BCUT2D eigenvalue weighted by molar-refractivity contribution is 6.22. The summed E-state index contributed by atoms with van der Waals surface area (Å²) in [4.78, 5) is 21.7. The predicted octanol–water partition coefficient (Wildman–Crippen LogP) is 4.06. The van der Waals surface area contributed by atoms with Gasteiger partial charge in [-0.05, 0) is 37.3 Å². The zero-order valence-corrected chi connectivity index (χ0v) is 20.6. The molecule has 0 amide bonds. The molecule has 1 saturated heterocycles. The molecule has 0 spiro atoms. The Kier molecular flexibility index (Phi) is 7.10. The van der Waals surface area contributed by atoms with Gasteiger partial charge in [0.05, 0.1) is 31.6 Å². The molecule has 3 heterocycles. The summed E-state index contributed by atoms with van der Waals surface area (Å²) in [6.07, 6.45) is 13.7. The number of aromatic carboxylic acids is 1. The van der Waals surface area contributed by atoms with Gasteiger partial charge in [-0.2, -0.15) is 0 Å². The first kappa shape index (κ1) is 23.8. The van der Waals surface area contributed by atoms with E-state index in [2.05, 4.69) is 58.8 Å². The summed E-state index contributed by atoms with van der Waals surface area (Å²) >= 11 is 6.47. The molecule has 7 nitrogen and oxygen atoms in total. The monoisotopic (exact) mass is 472 g/mol. The van der Waals surface area contributed by atoms with Crippen molar-refractivity contribution in [2.24, 2.45) is 5.92 Å². The predicted molar refractivity (Wildman–Crippen MR) is 132 cm³/mol. The minimum Gasteiger partial charge on any atom is -0.478 e. The summed E-state index contributed by atoms with van der Waals surface area (Å²) in [6, 6.07) is 0. The largest absolute Gasteiger partial charge is 0.478 e. The first-order valence-corrected chi connectivity index (χ1v) is 12.3.